The van der Waals surface area contributed by atoms with Crippen LogP contribution in [0.1, 0.15) is 29.5 Å². The lowest BCUT2D eigenvalue weighted by Crippen LogP contribution is -2.30. The van der Waals surface area contributed by atoms with Gasteiger partial charge in [-0.05, 0) is 59.9 Å². The molecule has 3 aromatic carbocycles. The van der Waals surface area contributed by atoms with Crippen molar-refractivity contribution in [2.45, 2.75) is 32.4 Å². The fraction of sp³-hybridized carbons (Fsp3) is 0.161. The standard InChI is InChI=1S/C31H28FN3O/c32-25-17-18-28-27(20-25)26(31(34-28)29-15-7-8-19-33-29)14-9-16-30(36)35(21-23-10-3-1-4-11-23)22-24-12-5-2-6-13-24/h1-8,10-13,15,17-20,34H,9,14,16,21-22H2. The molecule has 0 aliphatic carbocycles. The van der Waals surface area contributed by atoms with Gasteiger partial charge in [-0.3, -0.25) is 9.78 Å². The van der Waals surface area contributed by atoms with Crippen molar-refractivity contribution in [1.82, 2.24) is 14.9 Å². The number of pyridine rings is 1. The zero-order valence-electron chi connectivity index (χ0n) is 20.0. The van der Waals surface area contributed by atoms with Gasteiger partial charge in [-0.25, -0.2) is 4.39 Å². The number of nitrogens with zero attached hydrogens (tertiary/aromatic N) is 2. The highest BCUT2D eigenvalue weighted by Crippen LogP contribution is 2.31. The first-order valence-corrected chi connectivity index (χ1v) is 12.2. The number of rotatable bonds is 9. The highest BCUT2D eigenvalue weighted by molar-refractivity contribution is 5.90. The number of hydrogen-bond acceptors (Lipinski definition) is 2. The van der Waals surface area contributed by atoms with E-state index in [1.165, 1.54) is 6.07 Å². The lowest BCUT2D eigenvalue weighted by atomic mass is 10.0. The number of fused-ring (bicyclic) bond motifs is 1. The first-order valence-electron chi connectivity index (χ1n) is 12.2. The summed E-state index contributed by atoms with van der Waals surface area (Å²) in [5.41, 5.74) is 5.76. The fourth-order valence-corrected chi connectivity index (χ4v) is 4.62. The van der Waals surface area contributed by atoms with Crippen LogP contribution >= 0.6 is 0 Å². The van der Waals surface area contributed by atoms with E-state index in [-0.39, 0.29) is 11.7 Å². The average Bonchev–Trinajstić information content (AvgIpc) is 3.27. The minimum atomic E-state index is -0.275. The van der Waals surface area contributed by atoms with Crippen LogP contribution in [0.25, 0.3) is 22.3 Å². The van der Waals surface area contributed by atoms with Gasteiger partial charge < -0.3 is 9.88 Å². The normalized spacial score (nSPS) is 11.0. The topological polar surface area (TPSA) is 49.0 Å². The van der Waals surface area contributed by atoms with Gasteiger partial charge in [-0.2, -0.15) is 0 Å². The number of aryl methyl sites for hydroxylation is 1. The molecule has 5 aromatic rings. The number of benzene rings is 3. The van der Waals surface area contributed by atoms with Crippen molar-refractivity contribution in [3.8, 4) is 11.4 Å². The van der Waals surface area contributed by atoms with Crippen LogP contribution in [0.15, 0.2) is 103 Å². The molecule has 180 valence electrons. The Morgan fingerprint density at radius 3 is 2.14 bits per heavy atom. The molecule has 0 radical (unpaired) electrons. The number of halogens is 1. The SMILES string of the molecule is O=C(CCCc1c(-c2ccccn2)[nH]c2ccc(F)cc12)N(Cc1ccccc1)Cc1ccccc1. The van der Waals surface area contributed by atoms with Crippen LogP contribution in [-0.4, -0.2) is 20.8 Å². The van der Waals surface area contributed by atoms with Crippen LogP contribution in [0, 0.1) is 5.82 Å². The number of H-pyrrole nitrogens is 1. The van der Waals surface area contributed by atoms with Crippen LogP contribution in [0.3, 0.4) is 0 Å². The number of carbonyl (C=O) groups is 1. The van der Waals surface area contributed by atoms with E-state index in [1.807, 2.05) is 83.8 Å². The molecular weight excluding hydrogens is 449 g/mol. The lowest BCUT2D eigenvalue weighted by Gasteiger charge is -2.23. The summed E-state index contributed by atoms with van der Waals surface area (Å²) in [5.74, 6) is -0.170. The van der Waals surface area contributed by atoms with Crippen LogP contribution in [0.4, 0.5) is 4.39 Å². The molecule has 36 heavy (non-hydrogen) atoms. The van der Waals surface area contributed by atoms with Crippen LogP contribution in [0.5, 0.6) is 0 Å². The second-order valence-electron chi connectivity index (χ2n) is 8.96. The highest BCUT2D eigenvalue weighted by Gasteiger charge is 2.18. The number of carbonyl (C=O) groups excluding carboxylic acids is 1. The summed E-state index contributed by atoms with van der Waals surface area (Å²) in [4.78, 5) is 23.2. The largest absolute Gasteiger partial charge is 0.353 e. The van der Waals surface area contributed by atoms with Gasteiger partial charge >= 0.3 is 0 Å². The van der Waals surface area contributed by atoms with Crippen LogP contribution in [-0.2, 0) is 24.3 Å². The van der Waals surface area contributed by atoms with Crippen molar-refractivity contribution in [2.24, 2.45) is 0 Å². The number of aromatic nitrogens is 2. The molecule has 0 saturated heterocycles. The summed E-state index contributed by atoms with van der Waals surface area (Å²) in [7, 11) is 0. The van der Waals surface area contributed by atoms with Gasteiger partial charge in [0.25, 0.3) is 0 Å². The second-order valence-corrected chi connectivity index (χ2v) is 8.96. The molecule has 0 aliphatic rings. The van der Waals surface area contributed by atoms with Crippen molar-refractivity contribution in [3.63, 3.8) is 0 Å². The van der Waals surface area contributed by atoms with E-state index in [0.29, 0.717) is 32.4 Å². The Bertz CT molecular complexity index is 1390. The molecule has 4 nitrogen and oxygen atoms in total. The van der Waals surface area contributed by atoms with Gasteiger partial charge in [0.05, 0.1) is 11.4 Å². The Kier molecular flexibility index (Phi) is 7.17. The molecule has 1 amide bonds. The lowest BCUT2D eigenvalue weighted by molar-refractivity contribution is -0.132. The molecule has 2 heterocycles. The van der Waals surface area contributed by atoms with Gasteiger partial charge in [0.1, 0.15) is 5.82 Å². The van der Waals surface area contributed by atoms with Crippen molar-refractivity contribution in [1.29, 1.82) is 0 Å². The summed E-state index contributed by atoms with van der Waals surface area (Å²) >= 11 is 0. The van der Waals surface area contributed by atoms with E-state index in [2.05, 4.69) is 9.97 Å². The van der Waals surface area contributed by atoms with Crippen molar-refractivity contribution in [3.05, 3.63) is 126 Å². The quantitative estimate of drug-likeness (QED) is 0.250. The first-order chi connectivity index (χ1) is 17.7. The molecule has 0 bridgehead atoms. The Balaban J connectivity index is 1.35. The first kappa shape index (κ1) is 23.5. The van der Waals surface area contributed by atoms with Gasteiger partial charge in [-0.1, -0.05) is 66.7 Å². The molecule has 5 rings (SSSR count). The van der Waals surface area contributed by atoms with Gasteiger partial charge in [0.15, 0.2) is 0 Å². The van der Waals surface area contributed by atoms with E-state index >= 15 is 0 Å². The molecule has 5 heteroatoms. The maximum absolute atomic E-state index is 14.1. The Morgan fingerprint density at radius 1 is 0.833 bits per heavy atom. The third-order valence-corrected chi connectivity index (χ3v) is 6.39. The average molecular weight is 478 g/mol. The zero-order valence-corrected chi connectivity index (χ0v) is 20.0. The molecule has 2 aromatic heterocycles. The van der Waals surface area contributed by atoms with Crippen molar-refractivity contribution >= 4 is 16.8 Å². The predicted molar refractivity (Wildman–Crippen MR) is 142 cm³/mol. The Labute approximate surface area is 210 Å². The minimum Gasteiger partial charge on any atom is -0.353 e. The maximum atomic E-state index is 14.1. The maximum Gasteiger partial charge on any atom is 0.223 e. The van der Waals surface area contributed by atoms with E-state index in [4.69, 9.17) is 0 Å². The smallest absolute Gasteiger partial charge is 0.223 e. The molecular formula is C31H28FN3O. The molecule has 0 spiro atoms. The molecule has 0 unspecified atom stereocenters. The highest BCUT2D eigenvalue weighted by atomic mass is 19.1. The summed E-state index contributed by atoms with van der Waals surface area (Å²) < 4.78 is 14.1. The van der Waals surface area contributed by atoms with E-state index in [1.54, 1.807) is 18.3 Å². The fourth-order valence-electron chi connectivity index (χ4n) is 4.62. The number of amides is 1. The van der Waals surface area contributed by atoms with Crippen molar-refractivity contribution < 1.29 is 9.18 Å². The van der Waals surface area contributed by atoms with E-state index < -0.39 is 0 Å². The molecule has 0 aliphatic heterocycles. The molecule has 1 N–H and O–H groups in total. The van der Waals surface area contributed by atoms with Crippen LogP contribution < -0.4 is 0 Å². The van der Waals surface area contributed by atoms with Gasteiger partial charge in [0, 0.05) is 36.6 Å². The Hall–Kier alpha value is -4.25. The van der Waals surface area contributed by atoms with Gasteiger partial charge in [-0.15, -0.1) is 0 Å². The Morgan fingerprint density at radius 2 is 1.50 bits per heavy atom. The molecule has 0 saturated carbocycles. The summed E-state index contributed by atoms with van der Waals surface area (Å²) in [6, 6.07) is 30.7. The number of hydrogen-bond donors (Lipinski definition) is 1. The monoisotopic (exact) mass is 477 g/mol. The van der Waals surface area contributed by atoms with Crippen LogP contribution in [0.2, 0.25) is 0 Å². The summed E-state index contributed by atoms with van der Waals surface area (Å²) in [5, 5.41) is 0.841. The van der Waals surface area contributed by atoms with Gasteiger partial charge in [0.2, 0.25) is 5.91 Å². The summed E-state index contributed by atoms with van der Waals surface area (Å²) in [6.07, 6.45) is 3.46. The molecule has 0 fully saturated rings. The van der Waals surface area contributed by atoms with E-state index in [9.17, 15) is 9.18 Å². The minimum absolute atomic E-state index is 0.105. The molecule has 0 atom stereocenters. The second kappa shape index (κ2) is 11.0. The summed E-state index contributed by atoms with van der Waals surface area (Å²) in [6.45, 7) is 1.12. The predicted octanol–water partition coefficient (Wildman–Crippen LogP) is 6.92. The van der Waals surface area contributed by atoms with Crippen molar-refractivity contribution in [2.75, 3.05) is 0 Å². The third-order valence-electron chi connectivity index (χ3n) is 6.39. The number of aromatic amines is 1. The zero-order chi connectivity index (χ0) is 24.7. The van der Waals surface area contributed by atoms with E-state index in [0.717, 1.165) is 39.0 Å². The third kappa shape index (κ3) is 5.52. The number of nitrogens with one attached hydrogen (secondary N) is 1.